The van der Waals surface area contributed by atoms with Gasteiger partial charge in [0, 0.05) is 6.54 Å². The van der Waals surface area contributed by atoms with Crippen molar-refractivity contribution in [3.05, 3.63) is 84.2 Å². The topological polar surface area (TPSA) is 109 Å². The molecule has 3 heterocycles. The van der Waals surface area contributed by atoms with E-state index in [1.165, 1.54) is 0 Å². The summed E-state index contributed by atoms with van der Waals surface area (Å²) in [6.45, 7) is 6.90. The molecule has 40 heavy (non-hydrogen) atoms. The van der Waals surface area contributed by atoms with Crippen molar-refractivity contribution in [1.29, 1.82) is 0 Å². The maximum atomic E-state index is 14.1. The maximum absolute atomic E-state index is 14.1. The second-order valence-electron chi connectivity index (χ2n) is 10.3. The monoisotopic (exact) mass is 552 g/mol. The Labute approximate surface area is 233 Å². The zero-order valence-corrected chi connectivity index (χ0v) is 23.7. The first-order chi connectivity index (χ1) is 19.3. The second kappa shape index (κ2) is 10.1. The standard InChI is InChI=1S/C31H32N6O2S/c1-4-5-10-19-36-26-14-9-8-13-25(26)35-30(36)21(3)37-29(32)28(40(38,39)22-17-15-20(2)16-18-22)27-31(37)34-24-12-7-6-11-23(24)33-27/h6-9,11-18,21H,4-5,10,19,32H2,1-3H3/t21-/m0/s1. The second-order valence-corrected chi connectivity index (χ2v) is 12.2. The predicted molar refractivity (Wildman–Crippen MR) is 159 cm³/mol. The first-order valence-corrected chi connectivity index (χ1v) is 15.1. The highest BCUT2D eigenvalue weighted by atomic mass is 32.2. The van der Waals surface area contributed by atoms with Crippen LogP contribution in [-0.4, -0.2) is 32.5 Å². The van der Waals surface area contributed by atoms with Crippen LogP contribution in [-0.2, 0) is 16.4 Å². The van der Waals surface area contributed by atoms with Gasteiger partial charge in [-0.1, -0.05) is 61.7 Å². The quantitative estimate of drug-likeness (QED) is 0.217. The molecule has 1 atom stereocenters. The fraction of sp³-hybridized carbons (Fsp3) is 0.258. The number of nitrogen functional groups attached to an aromatic ring is 1. The third kappa shape index (κ3) is 4.21. The zero-order chi connectivity index (χ0) is 28.0. The molecule has 0 spiro atoms. The van der Waals surface area contributed by atoms with Crippen LogP contribution in [0, 0.1) is 6.92 Å². The molecule has 0 saturated carbocycles. The van der Waals surface area contributed by atoms with Gasteiger partial charge in [-0.15, -0.1) is 0 Å². The van der Waals surface area contributed by atoms with Gasteiger partial charge in [0.2, 0.25) is 9.84 Å². The average molecular weight is 553 g/mol. The molecule has 0 aliphatic rings. The van der Waals surface area contributed by atoms with Gasteiger partial charge in [0.05, 0.1) is 33.0 Å². The summed E-state index contributed by atoms with van der Waals surface area (Å²) in [7, 11) is -4.00. The van der Waals surface area contributed by atoms with Crippen molar-refractivity contribution >= 4 is 48.9 Å². The Morgan fingerprint density at radius 2 is 1.50 bits per heavy atom. The van der Waals surface area contributed by atoms with Crippen LogP contribution in [0.4, 0.5) is 5.82 Å². The van der Waals surface area contributed by atoms with Crippen molar-refractivity contribution in [1.82, 2.24) is 24.1 Å². The number of para-hydroxylation sites is 4. The van der Waals surface area contributed by atoms with Crippen LogP contribution in [0.2, 0.25) is 0 Å². The first kappa shape index (κ1) is 26.0. The molecule has 3 aromatic heterocycles. The summed E-state index contributed by atoms with van der Waals surface area (Å²) in [5.41, 5.74) is 11.6. The zero-order valence-electron chi connectivity index (χ0n) is 22.9. The molecule has 0 amide bonds. The Bertz CT molecular complexity index is 1970. The van der Waals surface area contributed by atoms with Crippen molar-refractivity contribution < 1.29 is 8.42 Å². The van der Waals surface area contributed by atoms with Crippen molar-refractivity contribution in [2.75, 3.05) is 5.73 Å². The van der Waals surface area contributed by atoms with Gasteiger partial charge >= 0.3 is 0 Å². The molecule has 0 aliphatic carbocycles. The molecule has 0 fully saturated rings. The van der Waals surface area contributed by atoms with Gasteiger partial charge in [0.15, 0.2) is 5.65 Å². The van der Waals surface area contributed by atoms with E-state index in [0.717, 1.165) is 48.2 Å². The number of aromatic nitrogens is 5. The average Bonchev–Trinajstić information content (AvgIpc) is 3.46. The van der Waals surface area contributed by atoms with E-state index in [0.29, 0.717) is 16.7 Å². The van der Waals surface area contributed by atoms with Crippen molar-refractivity contribution in [2.45, 2.75) is 62.4 Å². The van der Waals surface area contributed by atoms with Crippen LogP contribution in [0.3, 0.4) is 0 Å². The molecule has 204 valence electrons. The lowest BCUT2D eigenvalue weighted by atomic mass is 10.2. The largest absolute Gasteiger partial charge is 0.384 e. The smallest absolute Gasteiger partial charge is 0.212 e. The van der Waals surface area contributed by atoms with Crippen LogP contribution >= 0.6 is 0 Å². The van der Waals surface area contributed by atoms with Crippen LogP contribution in [0.15, 0.2) is 82.6 Å². The van der Waals surface area contributed by atoms with E-state index in [9.17, 15) is 8.42 Å². The molecule has 0 aliphatic heterocycles. The number of anilines is 1. The summed E-state index contributed by atoms with van der Waals surface area (Å²) >= 11 is 0. The Morgan fingerprint density at radius 1 is 0.850 bits per heavy atom. The van der Waals surface area contributed by atoms with Crippen LogP contribution < -0.4 is 5.73 Å². The Kier molecular flexibility index (Phi) is 6.54. The number of fused-ring (bicyclic) bond motifs is 3. The van der Waals surface area contributed by atoms with Crippen molar-refractivity contribution in [2.24, 2.45) is 0 Å². The molecular weight excluding hydrogens is 520 g/mol. The summed E-state index contributed by atoms with van der Waals surface area (Å²) in [5.74, 6) is 0.903. The third-order valence-corrected chi connectivity index (χ3v) is 9.35. The van der Waals surface area contributed by atoms with Crippen LogP contribution in [0.25, 0.3) is 33.2 Å². The SMILES string of the molecule is CCCCCn1c([C@H](C)n2c(N)c(S(=O)(=O)c3ccc(C)cc3)c3nc4ccccc4nc32)nc2ccccc21. The highest BCUT2D eigenvalue weighted by molar-refractivity contribution is 7.92. The number of rotatable bonds is 8. The number of imidazole rings is 1. The van der Waals surface area contributed by atoms with E-state index in [2.05, 4.69) is 17.6 Å². The Hall–Kier alpha value is -4.24. The highest BCUT2D eigenvalue weighted by Crippen LogP contribution is 2.39. The number of benzene rings is 3. The van der Waals surface area contributed by atoms with Gasteiger partial charge in [-0.3, -0.25) is 4.57 Å². The first-order valence-electron chi connectivity index (χ1n) is 13.6. The number of nitrogens with two attached hydrogens (primary N) is 1. The van der Waals surface area contributed by atoms with E-state index in [-0.39, 0.29) is 21.1 Å². The van der Waals surface area contributed by atoms with E-state index >= 15 is 0 Å². The molecule has 6 aromatic rings. The van der Waals surface area contributed by atoms with E-state index in [1.54, 1.807) is 28.8 Å². The molecular formula is C31H32N6O2S. The predicted octanol–water partition coefficient (Wildman–Crippen LogP) is 6.46. The molecule has 3 aromatic carbocycles. The molecule has 6 rings (SSSR count). The molecule has 2 N–H and O–H groups in total. The molecule has 0 bridgehead atoms. The van der Waals surface area contributed by atoms with Crippen molar-refractivity contribution in [3.63, 3.8) is 0 Å². The fourth-order valence-corrected chi connectivity index (χ4v) is 6.93. The third-order valence-electron chi connectivity index (χ3n) is 7.52. The lowest BCUT2D eigenvalue weighted by Crippen LogP contribution is -2.17. The Balaban J connectivity index is 1.62. The number of sulfone groups is 1. The molecule has 8 nitrogen and oxygen atoms in total. The highest BCUT2D eigenvalue weighted by Gasteiger charge is 2.33. The van der Waals surface area contributed by atoms with Crippen LogP contribution in [0.1, 0.15) is 50.5 Å². The van der Waals surface area contributed by atoms with E-state index in [4.69, 9.17) is 20.7 Å². The normalized spacial score (nSPS) is 13.0. The summed E-state index contributed by atoms with van der Waals surface area (Å²) in [6.07, 6.45) is 3.22. The molecule has 0 unspecified atom stereocenters. The lowest BCUT2D eigenvalue weighted by Gasteiger charge is -2.19. The molecule has 9 heteroatoms. The number of unbranched alkanes of at least 4 members (excludes halogenated alkanes) is 2. The van der Waals surface area contributed by atoms with E-state index in [1.807, 2.05) is 56.3 Å². The minimum atomic E-state index is -4.00. The van der Waals surface area contributed by atoms with Gasteiger partial charge in [0.1, 0.15) is 22.1 Å². The summed E-state index contributed by atoms with van der Waals surface area (Å²) in [6, 6.07) is 21.9. The molecule has 0 saturated heterocycles. The van der Waals surface area contributed by atoms with Gasteiger partial charge in [-0.25, -0.2) is 23.4 Å². The summed E-state index contributed by atoms with van der Waals surface area (Å²) in [4.78, 5) is 14.9. The minimum Gasteiger partial charge on any atom is -0.384 e. The fourth-order valence-electron chi connectivity index (χ4n) is 5.43. The number of hydrogen-bond acceptors (Lipinski definition) is 6. The van der Waals surface area contributed by atoms with Gasteiger partial charge in [-0.2, -0.15) is 0 Å². The van der Waals surface area contributed by atoms with Gasteiger partial charge in [0.25, 0.3) is 0 Å². The van der Waals surface area contributed by atoms with Crippen molar-refractivity contribution in [3.8, 4) is 0 Å². The van der Waals surface area contributed by atoms with Gasteiger partial charge < -0.3 is 10.3 Å². The summed E-state index contributed by atoms with van der Waals surface area (Å²) < 4.78 is 32.2. The number of nitrogens with zero attached hydrogens (tertiary/aromatic N) is 5. The number of aryl methyl sites for hydroxylation is 2. The summed E-state index contributed by atoms with van der Waals surface area (Å²) in [5, 5.41) is 0. The molecule has 0 radical (unpaired) electrons. The number of hydrogen-bond donors (Lipinski definition) is 1. The van der Waals surface area contributed by atoms with E-state index < -0.39 is 15.9 Å². The lowest BCUT2D eigenvalue weighted by molar-refractivity contribution is 0.538. The van der Waals surface area contributed by atoms with Gasteiger partial charge in [-0.05, 0) is 56.7 Å². The minimum absolute atomic E-state index is 0.0231. The van der Waals surface area contributed by atoms with Crippen LogP contribution in [0.5, 0.6) is 0 Å². The Morgan fingerprint density at radius 3 is 2.20 bits per heavy atom. The maximum Gasteiger partial charge on any atom is 0.212 e.